The Morgan fingerprint density at radius 2 is 1.96 bits per heavy atom. The van der Waals surface area contributed by atoms with Gasteiger partial charge in [-0.05, 0) is 44.6 Å². The van der Waals surface area contributed by atoms with Crippen LogP contribution >= 0.6 is 0 Å². The van der Waals surface area contributed by atoms with E-state index in [2.05, 4.69) is 30.4 Å². The number of amides is 1. The Bertz CT molecular complexity index is 790. The summed E-state index contributed by atoms with van der Waals surface area (Å²) in [5.41, 5.74) is 1.01. The van der Waals surface area contributed by atoms with Crippen LogP contribution in [0.1, 0.15) is 56.5 Å². The first-order valence-electron chi connectivity index (χ1n) is 10.6. The number of nitrogens with zero attached hydrogens (tertiary/aromatic N) is 4. The lowest BCUT2D eigenvalue weighted by Gasteiger charge is -2.35. The molecule has 1 aliphatic heterocycles. The highest BCUT2D eigenvalue weighted by atomic mass is 16.2. The van der Waals surface area contributed by atoms with Crippen LogP contribution in [0.5, 0.6) is 0 Å². The summed E-state index contributed by atoms with van der Waals surface area (Å²) in [5.74, 6) is 3.60. The third kappa shape index (κ3) is 4.69. The molecule has 2 aromatic heterocycles. The van der Waals surface area contributed by atoms with E-state index in [4.69, 9.17) is 0 Å². The maximum atomic E-state index is 12.7. The van der Waals surface area contributed by atoms with Crippen LogP contribution in [0.2, 0.25) is 0 Å². The standard InChI is InChI=1S/C21H30N6O/c1-15-13-20(26-25-15)24-18-7-10-22-19(23-18)14-16-8-11-27(12-9-16)21(28)17-5-3-2-4-6-17/h7,10,13,16-17H,2-6,8-9,11-12,14H2,1H3,(H2,22,23,24,25,26). The van der Waals surface area contributed by atoms with Gasteiger partial charge in [0.25, 0.3) is 0 Å². The first-order chi connectivity index (χ1) is 13.7. The van der Waals surface area contributed by atoms with E-state index < -0.39 is 0 Å². The van der Waals surface area contributed by atoms with Gasteiger partial charge >= 0.3 is 0 Å². The number of aromatic amines is 1. The normalized spacial score (nSPS) is 19.0. The Morgan fingerprint density at radius 1 is 1.18 bits per heavy atom. The number of aromatic nitrogens is 4. The van der Waals surface area contributed by atoms with Crippen LogP contribution in [0.4, 0.5) is 11.6 Å². The Morgan fingerprint density at radius 3 is 2.68 bits per heavy atom. The minimum Gasteiger partial charge on any atom is -0.342 e. The number of aryl methyl sites for hydroxylation is 1. The van der Waals surface area contributed by atoms with E-state index in [1.165, 1.54) is 19.3 Å². The van der Waals surface area contributed by atoms with Crippen molar-refractivity contribution in [3.05, 3.63) is 29.8 Å². The van der Waals surface area contributed by atoms with E-state index in [0.29, 0.717) is 11.8 Å². The van der Waals surface area contributed by atoms with Gasteiger partial charge in [-0.15, -0.1) is 0 Å². The van der Waals surface area contributed by atoms with E-state index in [-0.39, 0.29) is 5.92 Å². The number of rotatable bonds is 5. The number of anilines is 2. The quantitative estimate of drug-likeness (QED) is 0.825. The van der Waals surface area contributed by atoms with Gasteiger partial charge in [-0.25, -0.2) is 9.97 Å². The first-order valence-corrected chi connectivity index (χ1v) is 10.6. The van der Waals surface area contributed by atoms with Crippen molar-refractivity contribution < 1.29 is 4.79 Å². The number of hydrogen-bond donors (Lipinski definition) is 2. The summed E-state index contributed by atoms with van der Waals surface area (Å²) in [5, 5.41) is 10.3. The lowest BCUT2D eigenvalue weighted by atomic mass is 9.87. The SMILES string of the molecule is Cc1cc(Nc2ccnc(CC3CCN(C(=O)C4CCCCC4)CC3)n2)n[nH]1. The molecule has 0 unspecified atom stereocenters. The van der Waals surface area contributed by atoms with Crippen LogP contribution in [0, 0.1) is 18.8 Å². The van der Waals surface area contributed by atoms with Gasteiger partial charge in [0.2, 0.25) is 5.91 Å². The fraction of sp³-hybridized carbons (Fsp3) is 0.619. The molecule has 0 radical (unpaired) electrons. The molecule has 0 aromatic carbocycles. The Hall–Kier alpha value is -2.44. The van der Waals surface area contributed by atoms with Crippen LogP contribution in [-0.2, 0) is 11.2 Å². The number of carbonyl (C=O) groups excluding carboxylic acids is 1. The van der Waals surface area contributed by atoms with Crippen molar-refractivity contribution in [2.45, 2.75) is 58.3 Å². The maximum absolute atomic E-state index is 12.7. The number of hydrogen-bond acceptors (Lipinski definition) is 5. The van der Waals surface area contributed by atoms with Gasteiger partial charge in [-0.1, -0.05) is 19.3 Å². The molecule has 0 atom stereocenters. The Kier molecular flexibility index (Phi) is 5.88. The van der Waals surface area contributed by atoms with Gasteiger partial charge in [0, 0.05) is 43.4 Å². The van der Waals surface area contributed by atoms with Crippen molar-refractivity contribution in [3.63, 3.8) is 0 Å². The summed E-state index contributed by atoms with van der Waals surface area (Å²) in [6.45, 7) is 3.73. The highest BCUT2D eigenvalue weighted by Gasteiger charge is 2.29. The van der Waals surface area contributed by atoms with Crippen LogP contribution in [0.3, 0.4) is 0 Å². The van der Waals surface area contributed by atoms with Crippen molar-refractivity contribution in [1.29, 1.82) is 0 Å². The molecule has 3 heterocycles. The zero-order chi connectivity index (χ0) is 19.3. The van der Waals surface area contributed by atoms with Gasteiger partial charge in [0.15, 0.2) is 5.82 Å². The Balaban J connectivity index is 1.28. The number of piperidine rings is 1. The minimum atomic E-state index is 0.280. The second-order valence-electron chi connectivity index (χ2n) is 8.23. The summed E-state index contributed by atoms with van der Waals surface area (Å²) in [7, 11) is 0. The largest absolute Gasteiger partial charge is 0.342 e. The predicted molar refractivity (Wildman–Crippen MR) is 108 cm³/mol. The van der Waals surface area contributed by atoms with E-state index >= 15 is 0 Å². The molecular formula is C21H30N6O. The van der Waals surface area contributed by atoms with Gasteiger partial charge in [0.1, 0.15) is 11.6 Å². The fourth-order valence-corrected chi connectivity index (χ4v) is 4.40. The number of nitrogens with one attached hydrogen (secondary N) is 2. The molecule has 7 nitrogen and oxygen atoms in total. The molecular weight excluding hydrogens is 352 g/mol. The van der Waals surface area contributed by atoms with E-state index in [1.807, 2.05) is 19.1 Å². The molecule has 28 heavy (non-hydrogen) atoms. The van der Waals surface area contributed by atoms with Gasteiger partial charge in [-0.3, -0.25) is 9.89 Å². The molecule has 1 amide bonds. The van der Waals surface area contributed by atoms with Crippen molar-refractivity contribution in [1.82, 2.24) is 25.1 Å². The van der Waals surface area contributed by atoms with E-state index in [0.717, 1.165) is 68.3 Å². The lowest BCUT2D eigenvalue weighted by molar-refractivity contribution is -0.138. The minimum absolute atomic E-state index is 0.280. The first kappa shape index (κ1) is 18.9. The topological polar surface area (TPSA) is 86.8 Å². The van der Waals surface area contributed by atoms with Crippen LogP contribution in [0.15, 0.2) is 18.3 Å². The summed E-state index contributed by atoms with van der Waals surface area (Å²) < 4.78 is 0. The van der Waals surface area contributed by atoms with E-state index in [9.17, 15) is 4.79 Å². The summed E-state index contributed by atoms with van der Waals surface area (Å²) in [4.78, 5) is 23.9. The molecule has 1 aliphatic carbocycles. The molecule has 1 saturated heterocycles. The second kappa shape index (κ2) is 8.71. The van der Waals surface area contributed by atoms with Crippen molar-refractivity contribution in [2.24, 2.45) is 11.8 Å². The fourth-order valence-electron chi connectivity index (χ4n) is 4.40. The zero-order valence-electron chi connectivity index (χ0n) is 16.7. The molecule has 4 rings (SSSR count). The number of H-pyrrole nitrogens is 1. The molecule has 0 spiro atoms. The summed E-state index contributed by atoms with van der Waals surface area (Å²) >= 11 is 0. The highest BCUT2D eigenvalue weighted by molar-refractivity contribution is 5.79. The maximum Gasteiger partial charge on any atom is 0.225 e. The third-order valence-corrected chi connectivity index (χ3v) is 6.02. The molecule has 0 bridgehead atoms. The van der Waals surface area contributed by atoms with Crippen molar-refractivity contribution in [2.75, 3.05) is 18.4 Å². The molecule has 2 fully saturated rings. The Labute approximate surface area is 166 Å². The molecule has 7 heteroatoms. The second-order valence-corrected chi connectivity index (χ2v) is 8.23. The molecule has 1 saturated carbocycles. The molecule has 2 aromatic rings. The summed E-state index contributed by atoms with van der Waals surface area (Å²) in [6.07, 6.45) is 10.6. The lowest BCUT2D eigenvalue weighted by Crippen LogP contribution is -2.42. The van der Waals surface area contributed by atoms with Gasteiger partial charge in [0.05, 0.1) is 0 Å². The third-order valence-electron chi connectivity index (χ3n) is 6.02. The molecule has 2 N–H and O–H groups in total. The van der Waals surface area contributed by atoms with Crippen LogP contribution < -0.4 is 5.32 Å². The highest BCUT2D eigenvalue weighted by Crippen LogP contribution is 2.28. The molecule has 2 aliphatic rings. The number of carbonyl (C=O) groups is 1. The average molecular weight is 383 g/mol. The zero-order valence-corrected chi connectivity index (χ0v) is 16.7. The number of likely N-dealkylation sites (tertiary alicyclic amines) is 1. The van der Waals surface area contributed by atoms with Gasteiger partial charge in [-0.2, -0.15) is 5.10 Å². The van der Waals surface area contributed by atoms with Crippen LogP contribution in [-0.4, -0.2) is 44.1 Å². The summed E-state index contributed by atoms with van der Waals surface area (Å²) in [6, 6.07) is 3.81. The smallest absolute Gasteiger partial charge is 0.225 e. The average Bonchev–Trinajstić information content (AvgIpc) is 3.13. The van der Waals surface area contributed by atoms with Crippen molar-refractivity contribution >= 4 is 17.5 Å². The molecule has 150 valence electrons. The van der Waals surface area contributed by atoms with Crippen molar-refractivity contribution in [3.8, 4) is 0 Å². The van der Waals surface area contributed by atoms with Gasteiger partial charge < -0.3 is 10.2 Å². The monoisotopic (exact) mass is 382 g/mol. The van der Waals surface area contributed by atoms with Crippen LogP contribution in [0.25, 0.3) is 0 Å². The van der Waals surface area contributed by atoms with E-state index in [1.54, 1.807) is 6.20 Å². The predicted octanol–water partition coefficient (Wildman–Crippen LogP) is 3.61.